The predicted octanol–water partition coefficient (Wildman–Crippen LogP) is 4.19. The smallest absolute Gasteiger partial charge is 0.226 e. The molecule has 1 aliphatic carbocycles. The highest BCUT2D eigenvalue weighted by Crippen LogP contribution is 2.23. The molecule has 4 heteroatoms. The summed E-state index contributed by atoms with van der Waals surface area (Å²) in [5.74, 6) is 0.108. The first-order valence-corrected chi connectivity index (χ1v) is 8.98. The standard InChI is InChI=1S/C18H22N2OS/c21-17(19-15-10-6-1-2-7-11-15)12-16-13-22-18(20-16)14-8-4-3-5-9-14/h3-5,8-9,13,15H,1-2,6-7,10-12H2,(H,19,21). The first-order valence-electron chi connectivity index (χ1n) is 8.10. The van der Waals surface area contributed by atoms with E-state index in [1.165, 1.54) is 25.7 Å². The lowest BCUT2D eigenvalue weighted by atomic mass is 10.1. The van der Waals surface area contributed by atoms with E-state index in [0.29, 0.717) is 12.5 Å². The van der Waals surface area contributed by atoms with Crippen LogP contribution in [0.3, 0.4) is 0 Å². The molecule has 116 valence electrons. The highest BCUT2D eigenvalue weighted by molar-refractivity contribution is 7.13. The lowest BCUT2D eigenvalue weighted by molar-refractivity contribution is -0.121. The monoisotopic (exact) mass is 314 g/mol. The summed E-state index contributed by atoms with van der Waals surface area (Å²) in [6.45, 7) is 0. The summed E-state index contributed by atoms with van der Waals surface area (Å²) < 4.78 is 0. The van der Waals surface area contributed by atoms with E-state index in [-0.39, 0.29) is 5.91 Å². The molecule has 0 bridgehead atoms. The van der Waals surface area contributed by atoms with Crippen molar-refractivity contribution in [2.75, 3.05) is 0 Å². The van der Waals surface area contributed by atoms with Crippen LogP contribution in [0, 0.1) is 0 Å². The van der Waals surface area contributed by atoms with Crippen LogP contribution in [0.2, 0.25) is 0 Å². The van der Waals surface area contributed by atoms with E-state index in [9.17, 15) is 4.79 Å². The Balaban J connectivity index is 1.56. The fourth-order valence-corrected chi connectivity index (χ4v) is 3.79. The Kier molecular flexibility index (Phi) is 5.22. The maximum Gasteiger partial charge on any atom is 0.226 e. The highest BCUT2D eigenvalue weighted by atomic mass is 32.1. The third-order valence-electron chi connectivity index (χ3n) is 4.13. The molecule has 0 atom stereocenters. The van der Waals surface area contributed by atoms with Crippen LogP contribution in [0.25, 0.3) is 10.6 Å². The summed E-state index contributed by atoms with van der Waals surface area (Å²) in [5, 5.41) is 6.16. The number of thiazole rings is 1. The molecule has 1 aromatic heterocycles. The minimum absolute atomic E-state index is 0.108. The predicted molar refractivity (Wildman–Crippen MR) is 90.9 cm³/mol. The van der Waals surface area contributed by atoms with Gasteiger partial charge in [-0.3, -0.25) is 4.79 Å². The maximum absolute atomic E-state index is 12.2. The van der Waals surface area contributed by atoms with Gasteiger partial charge in [-0.2, -0.15) is 0 Å². The number of hydrogen-bond donors (Lipinski definition) is 1. The summed E-state index contributed by atoms with van der Waals surface area (Å²) in [7, 11) is 0. The molecule has 1 N–H and O–H groups in total. The minimum Gasteiger partial charge on any atom is -0.353 e. The van der Waals surface area contributed by atoms with Crippen molar-refractivity contribution in [2.24, 2.45) is 0 Å². The first-order chi connectivity index (χ1) is 10.8. The molecule has 1 aliphatic rings. The molecule has 1 amide bonds. The molecule has 1 aromatic carbocycles. The van der Waals surface area contributed by atoms with Crippen molar-refractivity contribution >= 4 is 17.2 Å². The second-order valence-corrected chi connectivity index (χ2v) is 6.80. The number of aromatic nitrogens is 1. The molecule has 0 spiro atoms. The largest absolute Gasteiger partial charge is 0.353 e. The van der Waals surface area contributed by atoms with E-state index in [1.54, 1.807) is 11.3 Å². The molecule has 1 fully saturated rings. The van der Waals surface area contributed by atoms with Crippen molar-refractivity contribution in [1.82, 2.24) is 10.3 Å². The average Bonchev–Trinajstić information content (AvgIpc) is 2.84. The fourth-order valence-electron chi connectivity index (χ4n) is 2.97. The summed E-state index contributed by atoms with van der Waals surface area (Å²) >= 11 is 1.60. The summed E-state index contributed by atoms with van der Waals surface area (Å²) in [6, 6.07) is 10.5. The molecular formula is C18H22N2OS. The zero-order valence-electron chi connectivity index (χ0n) is 12.8. The maximum atomic E-state index is 12.2. The molecule has 0 unspecified atom stereocenters. The van der Waals surface area contributed by atoms with E-state index in [2.05, 4.69) is 10.3 Å². The van der Waals surface area contributed by atoms with E-state index in [0.717, 1.165) is 29.1 Å². The van der Waals surface area contributed by atoms with Crippen molar-refractivity contribution in [3.05, 3.63) is 41.4 Å². The molecule has 1 saturated carbocycles. The Morgan fingerprint density at radius 1 is 1.14 bits per heavy atom. The molecule has 0 radical (unpaired) electrons. The van der Waals surface area contributed by atoms with Crippen LogP contribution in [0.15, 0.2) is 35.7 Å². The minimum atomic E-state index is 0.108. The Bertz CT molecular complexity index is 601. The zero-order valence-corrected chi connectivity index (χ0v) is 13.6. The van der Waals surface area contributed by atoms with Gasteiger partial charge in [0.15, 0.2) is 0 Å². The van der Waals surface area contributed by atoms with Gasteiger partial charge in [-0.1, -0.05) is 56.0 Å². The van der Waals surface area contributed by atoms with Crippen molar-refractivity contribution < 1.29 is 4.79 Å². The Morgan fingerprint density at radius 2 is 1.86 bits per heavy atom. The van der Waals surface area contributed by atoms with E-state index in [1.807, 2.05) is 35.7 Å². The second-order valence-electron chi connectivity index (χ2n) is 5.94. The van der Waals surface area contributed by atoms with Gasteiger partial charge in [0.25, 0.3) is 0 Å². The summed E-state index contributed by atoms with van der Waals surface area (Å²) in [6.07, 6.45) is 7.72. The molecule has 3 nitrogen and oxygen atoms in total. The number of amides is 1. The number of nitrogens with one attached hydrogen (secondary N) is 1. The molecule has 0 saturated heterocycles. The van der Waals surface area contributed by atoms with Gasteiger partial charge in [0.2, 0.25) is 5.91 Å². The van der Waals surface area contributed by atoms with Crippen LogP contribution < -0.4 is 5.32 Å². The van der Waals surface area contributed by atoms with Crippen molar-refractivity contribution in [3.8, 4) is 10.6 Å². The van der Waals surface area contributed by atoms with Crippen LogP contribution in [0.4, 0.5) is 0 Å². The molecule has 1 heterocycles. The molecule has 2 aromatic rings. The van der Waals surface area contributed by atoms with Gasteiger partial charge in [-0.15, -0.1) is 11.3 Å². The zero-order chi connectivity index (χ0) is 15.2. The third-order valence-corrected chi connectivity index (χ3v) is 5.07. The Hall–Kier alpha value is -1.68. The summed E-state index contributed by atoms with van der Waals surface area (Å²) in [5.41, 5.74) is 1.98. The molecular weight excluding hydrogens is 292 g/mol. The van der Waals surface area contributed by atoms with Gasteiger partial charge < -0.3 is 5.32 Å². The van der Waals surface area contributed by atoms with E-state index in [4.69, 9.17) is 0 Å². The van der Waals surface area contributed by atoms with Gasteiger partial charge in [0, 0.05) is 17.0 Å². The third kappa shape index (κ3) is 4.17. The number of carbonyl (C=O) groups is 1. The SMILES string of the molecule is O=C(Cc1csc(-c2ccccc2)n1)NC1CCCCCC1. The van der Waals surface area contributed by atoms with Crippen molar-refractivity contribution in [2.45, 2.75) is 51.0 Å². The van der Waals surface area contributed by atoms with Gasteiger partial charge >= 0.3 is 0 Å². The van der Waals surface area contributed by atoms with Gasteiger partial charge in [0.1, 0.15) is 5.01 Å². The number of nitrogens with zero attached hydrogens (tertiary/aromatic N) is 1. The number of rotatable bonds is 4. The molecule has 3 rings (SSSR count). The van der Waals surface area contributed by atoms with Crippen molar-refractivity contribution in [1.29, 1.82) is 0 Å². The van der Waals surface area contributed by atoms with Crippen molar-refractivity contribution in [3.63, 3.8) is 0 Å². The quantitative estimate of drug-likeness (QED) is 0.860. The van der Waals surface area contributed by atoms with Crippen LogP contribution >= 0.6 is 11.3 Å². The summed E-state index contributed by atoms with van der Waals surface area (Å²) in [4.78, 5) is 16.8. The number of carbonyl (C=O) groups excluding carboxylic acids is 1. The van der Waals surface area contributed by atoms with Crippen LogP contribution in [-0.4, -0.2) is 16.9 Å². The van der Waals surface area contributed by atoms with E-state index >= 15 is 0 Å². The highest BCUT2D eigenvalue weighted by Gasteiger charge is 2.16. The van der Waals surface area contributed by atoms with Crippen LogP contribution in [0.1, 0.15) is 44.2 Å². The topological polar surface area (TPSA) is 42.0 Å². The average molecular weight is 314 g/mol. The molecule has 0 aliphatic heterocycles. The van der Waals surface area contributed by atoms with Gasteiger partial charge in [-0.05, 0) is 12.8 Å². The van der Waals surface area contributed by atoms with Gasteiger partial charge in [0.05, 0.1) is 12.1 Å². The van der Waals surface area contributed by atoms with E-state index < -0.39 is 0 Å². The molecule has 22 heavy (non-hydrogen) atoms. The Labute approximate surface area is 135 Å². The lowest BCUT2D eigenvalue weighted by Crippen LogP contribution is -2.35. The van der Waals surface area contributed by atoms with Crippen LogP contribution in [-0.2, 0) is 11.2 Å². The number of hydrogen-bond acceptors (Lipinski definition) is 3. The first kappa shape index (κ1) is 15.2. The second kappa shape index (κ2) is 7.54. The Morgan fingerprint density at radius 3 is 2.59 bits per heavy atom. The van der Waals surface area contributed by atoms with Gasteiger partial charge in [-0.25, -0.2) is 4.98 Å². The number of benzene rings is 1. The fraction of sp³-hybridized carbons (Fsp3) is 0.444. The lowest BCUT2D eigenvalue weighted by Gasteiger charge is -2.15. The van der Waals surface area contributed by atoms with Crippen LogP contribution in [0.5, 0.6) is 0 Å². The normalized spacial score (nSPS) is 16.2.